The van der Waals surface area contributed by atoms with Crippen LogP contribution in [-0.2, 0) is 0 Å². The number of halogens is 1. The number of unbranched alkanes of at least 4 members (excludes halogenated alkanes) is 1. The molecular weight excluding hydrogens is 132 g/mol. The SMILES string of the molecule is C#CCC#CCCCCl. The van der Waals surface area contributed by atoms with Crippen molar-refractivity contribution in [2.24, 2.45) is 0 Å². The molecule has 0 unspecified atom stereocenters. The molecule has 0 aromatic rings. The van der Waals surface area contributed by atoms with Crippen LogP contribution in [-0.4, -0.2) is 5.88 Å². The summed E-state index contributed by atoms with van der Waals surface area (Å²) in [5, 5.41) is 0. The molecule has 1 heteroatoms. The largest absolute Gasteiger partial charge is 0.127 e. The average molecular weight is 141 g/mol. The minimum atomic E-state index is 0.558. The average Bonchev–Trinajstić information content (AvgIpc) is 1.89. The highest BCUT2D eigenvalue weighted by Crippen LogP contribution is 1.88. The maximum absolute atomic E-state index is 5.41. The maximum Gasteiger partial charge on any atom is 0.0700 e. The number of hydrogen-bond acceptors (Lipinski definition) is 0. The van der Waals surface area contributed by atoms with Crippen LogP contribution in [0.3, 0.4) is 0 Å². The van der Waals surface area contributed by atoms with Gasteiger partial charge in [0.15, 0.2) is 0 Å². The zero-order valence-electron chi connectivity index (χ0n) is 5.28. The Morgan fingerprint density at radius 2 is 2.11 bits per heavy atom. The summed E-state index contributed by atoms with van der Waals surface area (Å²) in [6, 6.07) is 0. The fourth-order valence-corrected chi connectivity index (χ4v) is 0.491. The quantitative estimate of drug-likeness (QED) is 0.313. The summed E-state index contributed by atoms with van der Waals surface area (Å²) in [7, 11) is 0. The minimum Gasteiger partial charge on any atom is -0.127 e. The van der Waals surface area contributed by atoms with E-state index in [1.807, 2.05) is 0 Å². The second kappa shape index (κ2) is 7.41. The third-order valence-corrected chi connectivity index (χ3v) is 1.02. The fourth-order valence-electron chi connectivity index (χ4n) is 0.357. The number of terminal acetylenes is 1. The Hall–Kier alpha value is -0.590. The smallest absolute Gasteiger partial charge is 0.0700 e. The van der Waals surface area contributed by atoms with Crippen molar-refractivity contribution >= 4 is 11.6 Å². The first-order valence-electron chi connectivity index (χ1n) is 2.87. The lowest BCUT2D eigenvalue weighted by Gasteiger charge is -1.80. The lowest BCUT2D eigenvalue weighted by atomic mass is 10.3. The zero-order valence-corrected chi connectivity index (χ0v) is 6.04. The van der Waals surface area contributed by atoms with Gasteiger partial charge in [-0.25, -0.2) is 0 Å². The molecule has 48 valence electrons. The number of rotatable bonds is 2. The molecule has 0 saturated heterocycles. The summed E-state index contributed by atoms with van der Waals surface area (Å²) in [6.07, 6.45) is 7.35. The van der Waals surface area contributed by atoms with Gasteiger partial charge in [-0.2, -0.15) is 0 Å². The van der Waals surface area contributed by atoms with Crippen LogP contribution < -0.4 is 0 Å². The van der Waals surface area contributed by atoms with Gasteiger partial charge < -0.3 is 0 Å². The number of alkyl halides is 1. The van der Waals surface area contributed by atoms with Gasteiger partial charge in [0.25, 0.3) is 0 Å². The Morgan fingerprint density at radius 3 is 2.67 bits per heavy atom. The predicted octanol–water partition coefficient (Wildman–Crippen LogP) is 2.03. The van der Waals surface area contributed by atoms with E-state index in [4.69, 9.17) is 18.0 Å². The molecule has 0 saturated carbocycles. The Labute approximate surface area is 61.6 Å². The van der Waals surface area contributed by atoms with Gasteiger partial charge in [-0.05, 0) is 6.42 Å². The molecular formula is C8H9Cl. The normalized spacial score (nSPS) is 7.11. The third kappa shape index (κ3) is 7.41. The van der Waals surface area contributed by atoms with Crippen molar-refractivity contribution in [2.45, 2.75) is 19.3 Å². The van der Waals surface area contributed by atoms with Crippen molar-refractivity contribution < 1.29 is 0 Å². The topological polar surface area (TPSA) is 0 Å². The Kier molecular flexibility index (Phi) is 6.92. The van der Waals surface area contributed by atoms with E-state index in [0.717, 1.165) is 12.8 Å². The van der Waals surface area contributed by atoms with E-state index in [2.05, 4.69) is 17.8 Å². The molecule has 0 rings (SSSR count). The van der Waals surface area contributed by atoms with E-state index in [1.165, 1.54) is 0 Å². The molecule has 0 fully saturated rings. The van der Waals surface area contributed by atoms with Crippen molar-refractivity contribution in [1.29, 1.82) is 0 Å². The van der Waals surface area contributed by atoms with Crippen LogP contribution in [0, 0.1) is 24.2 Å². The fraction of sp³-hybridized carbons (Fsp3) is 0.500. The monoisotopic (exact) mass is 140 g/mol. The molecule has 0 heterocycles. The van der Waals surface area contributed by atoms with E-state index < -0.39 is 0 Å². The molecule has 0 atom stereocenters. The molecule has 9 heavy (non-hydrogen) atoms. The molecule has 0 aliphatic heterocycles. The van der Waals surface area contributed by atoms with Gasteiger partial charge >= 0.3 is 0 Å². The molecule has 0 radical (unpaired) electrons. The Morgan fingerprint density at radius 1 is 1.33 bits per heavy atom. The van der Waals surface area contributed by atoms with Crippen LogP contribution in [0.1, 0.15) is 19.3 Å². The van der Waals surface area contributed by atoms with E-state index in [1.54, 1.807) is 0 Å². The minimum absolute atomic E-state index is 0.558. The van der Waals surface area contributed by atoms with E-state index in [0.29, 0.717) is 12.3 Å². The maximum atomic E-state index is 5.41. The molecule has 0 aliphatic carbocycles. The first kappa shape index (κ1) is 8.41. The zero-order chi connectivity index (χ0) is 6.95. The molecule has 0 nitrogen and oxygen atoms in total. The second-order valence-electron chi connectivity index (χ2n) is 1.53. The standard InChI is InChI=1S/C8H9Cl/c1-2-3-4-5-6-7-8-9/h1H,3,6-8H2. The predicted molar refractivity (Wildman–Crippen MR) is 41.2 cm³/mol. The lowest BCUT2D eigenvalue weighted by Crippen LogP contribution is -1.70. The molecule has 0 N–H and O–H groups in total. The van der Waals surface area contributed by atoms with Crippen molar-refractivity contribution in [2.75, 3.05) is 5.88 Å². The molecule has 0 aliphatic rings. The highest BCUT2D eigenvalue weighted by Gasteiger charge is 1.75. The first-order chi connectivity index (χ1) is 4.41. The van der Waals surface area contributed by atoms with Gasteiger partial charge in [0.05, 0.1) is 6.42 Å². The van der Waals surface area contributed by atoms with Crippen molar-refractivity contribution in [3.63, 3.8) is 0 Å². The van der Waals surface area contributed by atoms with Crippen LogP contribution >= 0.6 is 11.6 Å². The van der Waals surface area contributed by atoms with Gasteiger partial charge in [-0.3, -0.25) is 0 Å². The van der Waals surface area contributed by atoms with Gasteiger partial charge in [0.1, 0.15) is 0 Å². The molecule has 0 bridgehead atoms. The van der Waals surface area contributed by atoms with Gasteiger partial charge in [-0.1, -0.05) is 11.8 Å². The summed E-state index contributed by atoms with van der Waals surface area (Å²) in [5.74, 6) is 8.86. The highest BCUT2D eigenvalue weighted by atomic mass is 35.5. The van der Waals surface area contributed by atoms with Crippen molar-refractivity contribution in [1.82, 2.24) is 0 Å². The molecule has 0 amide bonds. The van der Waals surface area contributed by atoms with E-state index in [9.17, 15) is 0 Å². The van der Waals surface area contributed by atoms with Gasteiger partial charge in [0.2, 0.25) is 0 Å². The van der Waals surface area contributed by atoms with Gasteiger partial charge in [0, 0.05) is 12.3 Å². The third-order valence-electron chi connectivity index (χ3n) is 0.751. The molecule has 0 aromatic carbocycles. The number of hydrogen-bond donors (Lipinski definition) is 0. The summed E-state index contributed by atoms with van der Waals surface area (Å²) in [6.45, 7) is 0. The summed E-state index contributed by atoms with van der Waals surface area (Å²) in [5.41, 5.74) is 0. The first-order valence-corrected chi connectivity index (χ1v) is 3.40. The second-order valence-corrected chi connectivity index (χ2v) is 1.90. The van der Waals surface area contributed by atoms with Crippen LogP contribution in [0.2, 0.25) is 0 Å². The molecule has 0 aromatic heterocycles. The van der Waals surface area contributed by atoms with Crippen LogP contribution in [0.25, 0.3) is 0 Å². The van der Waals surface area contributed by atoms with Crippen LogP contribution in [0.4, 0.5) is 0 Å². The summed E-state index contributed by atoms with van der Waals surface area (Å²) in [4.78, 5) is 0. The van der Waals surface area contributed by atoms with Gasteiger partial charge in [-0.15, -0.1) is 23.9 Å². The molecule has 0 spiro atoms. The Bertz CT molecular complexity index is 142. The van der Waals surface area contributed by atoms with Crippen molar-refractivity contribution in [3.8, 4) is 24.2 Å². The van der Waals surface area contributed by atoms with E-state index in [-0.39, 0.29) is 0 Å². The lowest BCUT2D eigenvalue weighted by molar-refractivity contribution is 0.990. The van der Waals surface area contributed by atoms with Crippen LogP contribution in [0.15, 0.2) is 0 Å². The highest BCUT2D eigenvalue weighted by molar-refractivity contribution is 6.17. The van der Waals surface area contributed by atoms with Crippen molar-refractivity contribution in [3.05, 3.63) is 0 Å². The summed E-state index contributed by atoms with van der Waals surface area (Å²) >= 11 is 5.41. The Balaban J connectivity index is 3.08. The van der Waals surface area contributed by atoms with Crippen LogP contribution in [0.5, 0.6) is 0 Å². The van der Waals surface area contributed by atoms with E-state index >= 15 is 0 Å². The summed E-state index contributed by atoms with van der Waals surface area (Å²) < 4.78 is 0.